The van der Waals surface area contributed by atoms with Crippen LogP contribution in [0.3, 0.4) is 0 Å². The van der Waals surface area contributed by atoms with Gasteiger partial charge in [0.15, 0.2) is 23.0 Å². The van der Waals surface area contributed by atoms with E-state index in [4.69, 9.17) is 23.7 Å². The van der Waals surface area contributed by atoms with Crippen molar-refractivity contribution in [3.63, 3.8) is 0 Å². The Morgan fingerprint density at radius 2 is 1.57 bits per heavy atom. The number of nitriles is 1. The molecular weight excluding hydrogens is 472 g/mol. The quantitative estimate of drug-likeness (QED) is 0.249. The molecule has 2 aromatic carbocycles. The number of ether oxygens (including phenoxy) is 5. The van der Waals surface area contributed by atoms with Gasteiger partial charge in [-0.25, -0.2) is 4.79 Å². The number of hydrogen-bond donors (Lipinski definition) is 0. The van der Waals surface area contributed by atoms with Gasteiger partial charge in [-0.2, -0.15) is 5.26 Å². The fourth-order valence-electron chi connectivity index (χ4n) is 4.30. The number of rotatable bonds is 14. The third kappa shape index (κ3) is 7.16. The number of carbonyl (C=O) groups excluding carboxylic acids is 1. The highest BCUT2D eigenvalue weighted by molar-refractivity contribution is 5.84. The third-order valence-electron chi connectivity index (χ3n) is 6.50. The van der Waals surface area contributed by atoms with Gasteiger partial charge in [0.25, 0.3) is 0 Å². The topological polar surface area (TPSA) is 99.4 Å². The summed E-state index contributed by atoms with van der Waals surface area (Å²) < 4.78 is 26.7. The summed E-state index contributed by atoms with van der Waals surface area (Å²) >= 11 is 0. The second-order valence-corrected chi connectivity index (χ2v) is 8.86. The van der Waals surface area contributed by atoms with Gasteiger partial charge in [0.2, 0.25) is 0 Å². The summed E-state index contributed by atoms with van der Waals surface area (Å²) in [5.74, 6) is 1.99. The number of benzene rings is 2. The number of methoxy groups -OCH3 is 4. The molecular formula is C29H38N2O6. The van der Waals surface area contributed by atoms with E-state index in [2.05, 4.69) is 11.1 Å². The third-order valence-corrected chi connectivity index (χ3v) is 6.50. The molecule has 0 saturated heterocycles. The maximum atomic E-state index is 12.7. The Bertz CT molecular complexity index is 1110. The minimum absolute atomic E-state index is 0.0203. The SMILES string of the molecule is CCOC(=O)C(CCCC(C#N)(c1ccc(OC)c(OC)c1)C(C)C)N=Cc1ccc(OC)c(OC)c1. The first-order valence-electron chi connectivity index (χ1n) is 12.4. The fraction of sp³-hybridized carbons (Fsp3) is 0.483. The van der Waals surface area contributed by atoms with Crippen LogP contribution in [-0.4, -0.2) is 53.3 Å². The molecule has 0 aliphatic carbocycles. The van der Waals surface area contributed by atoms with Gasteiger partial charge in [-0.15, -0.1) is 0 Å². The lowest BCUT2D eigenvalue weighted by Crippen LogP contribution is -2.31. The Morgan fingerprint density at radius 3 is 2.11 bits per heavy atom. The maximum Gasteiger partial charge on any atom is 0.330 e. The molecule has 8 heteroatoms. The molecule has 0 aliphatic rings. The van der Waals surface area contributed by atoms with E-state index >= 15 is 0 Å². The molecule has 0 aliphatic heterocycles. The van der Waals surface area contributed by atoms with Gasteiger partial charge in [-0.3, -0.25) is 4.99 Å². The molecule has 0 heterocycles. The van der Waals surface area contributed by atoms with Crippen LogP contribution >= 0.6 is 0 Å². The monoisotopic (exact) mass is 510 g/mol. The standard InChI is InChI=1S/C29H38N2O6/c1-8-37-28(32)23(31-18-21-11-13-24(33-4)26(16-21)35-6)10-9-15-29(19-30,20(2)3)22-12-14-25(34-5)27(17-22)36-7/h11-14,16-18,20,23H,8-10,15H2,1-7H3. The Hall–Kier alpha value is -3.73. The maximum absolute atomic E-state index is 12.7. The molecule has 2 aromatic rings. The van der Waals surface area contributed by atoms with Crippen molar-refractivity contribution in [3.05, 3.63) is 47.5 Å². The average molecular weight is 511 g/mol. The molecule has 200 valence electrons. The first-order valence-corrected chi connectivity index (χ1v) is 12.4. The molecule has 0 radical (unpaired) electrons. The molecule has 0 N–H and O–H groups in total. The number of carbonyl (C=O) groups is 1. The number of hydrogen-bond acceptors (Lipinski definition) is 8. The van der Waals surface area contributed by atoms with Gasteiger partial charge in [-0.1, -0.05) is 19.9 Å². The molecule has 0 fully saturated rings. The molecule has 2 atom stereocenters. The van der Waals surface area contributed by atoms with Gasteiger partial charge in [-0.05, 0) is 73.6 Å². The number of nitrogens with zero attached hydrogens (tertiary/aromatic N) is 2. The van der Waals surface area contributed by atoms with Crippen molar-refractivity contribution >= 4 is 12.2 Å². The smallest absolute Gasteiger partial charge is 0.330 e. The van der Waals surface area contributed by atoms with Crippen LogP contribution in [0.5, 0.6) is 23.0 Å². The van der Waals surface area contributed by atoms with E-state index in [1.54, 1.807) is 53.7 Å². The van der Waals surface area contributed by atoms with Crippen LogP contribution in [0.25, 0.3) is 0 Å². The zero-order valence-electron chi connectivity index (χ0n) is 22.9. The summed E-state index contributed by atoms with van der Waals surface area (Å²) in [4.78, 5) is 17.2. The van der Waals surface area contributed by atoms with Crippen molar-refractivity contribution in [2.45, 2.75) is 51.5 Å². The molecule has 37 heavy (non-hydrogen) atoms. The fourth-order valence-corrected chi connectivity index (χ4v) is 4.30. The van der Waals surface area contributed by atoms with E-state index in [9.17, 15) is 10.1 Å². The van der Waals surface area contributed by atoms with Crippen LogP contribution in [0.1, 0.15) is 51.2 Å². The van der Waals surface area contributed by atoms with Crippen LogP contribution in [0, 0.1) is 17.2 Å². The van der Waals surface area contributed by atoms with Crippen molar-refractivity contribution in [3.8, 4) is 29.1 Å². The van der Waals surface area contributed by atoms with Crippen LogP contribution < -0.4 is 18.9 Å². The largest absolute Gasteiger partial charge is 0.493 e. The minimum Gasteiger partial charge on any atom is -0.493 e. The lowest BCUT2D eigenvalue weighted by Gasteiger charge is -2.32. The van der Waals surface area contributed by atoms with Crippen LogP contribution in [0.4, 0.5) is 0 Å². The van der Waals surface area contributed by atoms with Crippen LogP contribution in [0.2, 0.25) is 0 Å². The van der Waals surface area contributed by atoms with E-state index in [-0.39, 0.29) is 12.5 Å². The Kier molecular flexibility index (Phi) is 11.3. The Morgan fingerprint density at radius 1 is 0.973 bits per heavy atom. The lowest BCUT2D eigenvalue weighted by atomic mass is 9.69. The van der Waals surface area contributed by atoms with Crippen LogP contribution in [-0.2, 0) is 14.9 Å². The summed E-state index contributed by atoms with van der Waals surface area (Å²) in [5, 5.41) is 10.3. The predicted molar refractivity (Wildman–Crippen MR) is 143 cm³/mol. The molecule has 0 aromatic heterocycles. The molecule has 0 saturated carbocycles. The summed E-state index contributed by atoms with van der Waals surface area (Å²) in [7, 11) is 6.29. The Balaban J connectivity index is 2.27. The average Bonchev–Trinajstić information content (AvgIpc) is 2.92. The van der Waals surface area contributed by atoms with Gasteiger partial charge < -0.3 is 23.7 Å². The summed E-state index contributed by atoms with van der Waals surface area (Å²) in [6.45, 7) is 6.08. The molecule has 2 unspecified atom stereocenters. The first-order chi connectivity index (χ1) is 17.8. The first kappa shape index (κ1) is 29.5. The Labute approximate surface area is 220 Å². The van der Waals surface area contributed by atoms with E-state index in [1.807, 2.05) is 38.1 Å². The summed E-state index contributed by atoms with van der Waals surface area (Å²) in [6, 6.07) is 12.9. The minimum atomic E-state index is -0.772. The molecule has 2 rings (SSSR count). The molecule has 0 spiro atoms. The normalized spacial score (nSPS) is 13.5. The highest BCUT2D eigenvalue weighted by atomic mass is 16.5. The van der Waals surface area contributed by atoms with Gasteiger partial charge in [0.1, 0.15) is 6.04 Å². The van der Waals surface area contributed by atoms with Gasteiger partial charge in [0, 0.05) is 6.21 Å². The zero-order chi connectivity index (χ0) is 27.4. The van der Waals surface area contributed by atoms with Crippen LogP contribution in [0.15, 0.2) is 41.4 Å². The van der Waals surface area contributed by atoms with E-state index in [1.165, 1.54) is 0 Å². The zero-order valence-corrected chi connectivity index (χ0v) is 22.9. The van der Waals surface area contributed by atoms with Gasteiger partial charge in [0.05, 0.1) is 46.5 Å². The summed E-state index contributed by atoms with van der Waals surface area (Å²) in [6.07, 6.45) is 3.20. The van der Waals surface area contributed by atoms with E-state index in [0.717, 1.165) is 11.1 Å². The second kappa shape index (κ2) is 14.1. The van der Waals surface area contributed by atoms with Crippen molar-refractivity contribution in [1.82, 2.24) is 0 Å². The highest BCUT2D eigenvalue weighted by Crippen LogP contribution is 2.41. The van der Waals surface area contributed by atoms with Gasteiger partial charge >= 0.3 is 5.97 Å². The number of esters is 1. The molecule has 8 nitrogen and oxygen atoms in total. The molecule has 0 amide bonds. The van der Waals surface area contributed by atoms with Crippen molar-refractivity contribution in [1.29, 1.82) is 5.26 Å². The van der Waals surface area contributed by atoms with Crippen molar-refractivity contribution in [2.75, 3.05) is 35.0 Å². The molecule has 0 bridgehead atoms. The number of aliphatic imine (C=N–C) groups is 1. The van der Waals surface area contributed by atoms with Crippen molar-refractivity contribution < 1.29 is 28.5 Å². The summed E-state index contributed by atoms with van der Waals surface area (Å²) in [5.41, 5.74) is 0.848. The lowest BCUT2D eigenvalue weighted by molar-refractivity contribution is -0.144. The predicted octanol–water partition coefficient (Wildman–Crippen LogP) is 5.36. The second-order valence-electron chi connectivity index (χ2n) is 8.86. The van der Waals surface area contributed by atoms with E-state index in [0.29, 0.717) is 42.3 Å². The highest BCUT2D eigenvalue weighted by Gasteiger charge is 2.37. The van der Waals surface area contributed by atoms with E-state index < -0.39 is 17.4 Å². The van der Waals surface area contributed by atoms with Crippen molar-refractivity contribution in [2.24, 2.45) is 10.9 Å².